The number of carbonyl (C=O) groups is 2. The molecule has 2 aliphatic rings. The summed E-state index contributed by atoms with van der Waals surface area (Å²) in [5, 5.41) is 10.1. The van der Waals surface area contributed by atoms with Gasteiger partial charge in [0, 0.05) is 57.5 Å². The van der Waals surface area contributed by atoms with Crippen LogP contribution in [0.1, 0.15) is 82.5 Å². The fraction of sp³-hybridized carbons (Fsp3) is 0.667. The van der Waals surface area contributed by atoms with Crippen LogP contribution in [0, 0.1) is 11.8 Å². The maximum Gasteiger partial charge on any atom is 0.280 e. The molecule has 1 aliphatic heterocycles. The topological polar surface area (TPSA) is 143 Å². The molecular formula is C33H51N5O7S. The molecule has 0 saturated heterocycles. The summed E-state index contributed by atoms with van der Waals surface area (Å²) >= 11 is 0. The van der Waals surface area contributed by atoms with E-state index in [1.807, 2.05) is 20.9 Å². The molecule has 4 rings (SSSR count). The molecule has 0 radical (unpaired) electrons. The predicted molar refractivity (Wildman–Crippen MR) is 175 cm³/mol. The van der Waals surface area contributed by atoms with E-state index < -0.39 is 22.0 Å². The molecule has 0 unspecified atom stereocenters. The minimum absolute atomic E-state index is 0.0438. The number of benzene rings is 1. The number of sulfonamides is 1. The van der Waals surface area contributed by atoms with Crippen molar-refractivity contribution < 1.29 is 32.6 Å². The number of nitrogens with one attached hydrogen (secondary N) is 1. The van der Waals surface area contributed by atoms with Crippen LogP contribution in [0.3, 0.4) is 0 Å². The number of aliphatic hydroxyl groups excluding tert-OH is 1. The van der Waals surface area contributed by atoms with E-state index >= 15 is 0 Å². The number of aryl methyl sites for hydroxylation is 1. The number of ether oxygens (including phenoxy) is 2. The third kappa shape index (κ3) is 9.22. The highest BCUT2D eigenvalue weighted by Gasteiger charge is 2.32. The van der Waals surface area contributed by atoms with Gasteiger partial charge in [-0.3, -0.25) is 14.3 Å². The van der Waals surface area contributed by atoms with Gasteiger partial charge < -0.3 is 28.9 Å². The van der Waals surface area contributed by atoms with Crippen LogP contribution in [0.5, 0.6) is 5.75 Å². The number of anilines is 1. The fourth-order valence-electron chi connectivity index (χ4n) is 6.20. The average molecular weight is 662 g/mol. The minimum Gasteiger partial charge on any atom is -0.490 e. The molecule has 13 heteroatoms. The lowest BCUT2D eigenvalue weighted by Gasteiger charge is -2.36. The van der Waals surface area contributed by atoms with Crippen LogP contribution in [-0.2, 0) is 26.6 Å². The maximum atomic E-state index is 14.3. The number of fused-ring (bicyclic) bond motifs is 1. The van der Waals surface area contributed by atoms with Crippen molar-refractivity contribution in [3.8, 4) is 5.75 Å². The van der Waals surface area contributed by atoms with E-state index in [1.54, 1.807) is 35.9 Å². The first-order valence-corrected chi connectivity index (χ1v) is 18.0. The number of nitrogens with zero attached hydrogens (tertiary/aromatic N) is 4. The van der Waals surface area contributed by atoms with Crippen molar-refractivity contribution in [2.24, 2.45) is 18.9 Å². The number of imidazole rings is 1. The van der Waals surface area contributed by atoms with E-state index in [1.165, 1.54) is 29.6 Å². The summed E-state index contributed by atoms with van der Waals surface area (Å²) in [6.45, 7) is 6.59. The van der Waals surface area contributed by atoms with Crippen molar-refractivity contribution in [3.05, 3.63) is 36.3 Å². The first-order valence-electron chi connectivity index (χ1n) is 16.5. The summed E-state index contributed by atoms with van der Waals surface area (Å²) in [7, 11) is -0.500. The molecule has 2 N–H and O–H groups in total. The lowest BCUT2D eigenvalue weighted by molar-refractivity contribution is -0.137. The molecule has 1 saturated carbocycles. The predicted octanol–water partition coefficient (Wildman–Crippen LogP) is 4.06. The third-order valence-corrected chi connectivity index (χ3v) is 10.3. The number of rotatable bonds is 8. The van der Waals surface area contributed by atoms with Crippen molar-refractivity contribution in [2.75, 3.05) is 38.1 Å². The van der Waals surface area contributed by atoms with Gasteiger partial charge in [0.1, 0.15) is 5.75 Å². The molecule has 4 atom stereocenters. The molecule has 2 amide bonds. The van der Waals surface area contributed by atoms with Gasteiger partial charge in [0.05, 0.1) is 36.7 Å². The molecular weight excluding hydrogens is 610 g/mol. The van der Waals surface area contributed by atoms with Gasteiger partial charge in [0.2, 0.25) is 5.91 Å². The Morgan fingerprint density at radius 2 is 1.87 bits per heavy atom. The van der Waals surface area contributed by atoms with Crippen LogP contribution in [-0.4, -0.2) is 96.3 Å². The lowest BCUT2D eigenvalue weighted by Crippen LogP contribution is -2.48. The second-order valence-corrected chi connectivity index (χ2v) is 14.7. The second-order valence-electron chi connectivity index (χ2n) is 13.0. The van der Waals surface area contributed by atoms with Crippen molar-refractivity contribution >= 4 is 27.5 Å². The van der Waals surface area contributed by atoms with Crippen molar-refractivity contribution in [3.63, 3.8) is 0 Å². The van der Waals surface area contributed by atoms with Gasteiger partial charge in [0.15, 0.2) is 5.03 Å². The smallest absolute Gasteiger partial charge is 0.280 e. The normalized spacial score (nSPS) is 23.1. The largest absolute Gasteiger partial charge is 0.490 e. The Balaban J connectivity index is 1.63. The van der Waals surface area contributed by atoms with Gasteiger partial charge in [-0.1, -0.05) is 26.2 Å². The SMILES string of the molecule is C[C@H]1CCCCO[C@H](CN(C)C(=O)C2CCCCC2)[C@@H](C)CN([C@@H](C)CO)C(=O)c2cc(NS(=O)(=O)c3cn(C)cn3)ccc2O1. The highest BCUT2D eigenvalue weighted by molar-refractivity contribution is 7.92. The zero-order valence-corrected chi connectivity index (χ0v) is 28.7. The Labute approximate surface area is 273 Å². The van der Waals surface area contributed by atoms with E-state index in [0.29, 0.717) is 18.9 Å². The number of carbonyl (C=O) groups excluding carboxylic acids is 2. The Bertz CT molecular complexity index is 1430. The first kappa shape index (κ1) is 35.7. The van der Waals surface area contributed by atoms with Crippen LogP contribution in [0.2, 0.25) is 0 Å². The van der Waals surface area contributed by atoms with Crippen LogP contribution in [0.4, 0.5) is 5.69 Å². The van der Waals surface area contributed by atoms with Crippen LogP contribution in [0.25, 0.3) is 0 Å². The zero-order chi connectivity index (χ0) is 33.4. The van der Waals surface area contributed by atoms with Crippen molar-refractivity contribution in [1.29, 1.82) is 0 Å². The highest BCUT2D eigenvalue weighted by Crippen LogP contribution is 2.30. The van der Waals surface area contributed by atoms with Crippen LogP contribution < -0.4 is 9.46 Å². The molecule has 46 heavy (non-hydrogen) atoms. The van der Waals surface area contributed by atoms with Gasteiger partial charge in [0.25, 0.3) is 15.9 Å². The quantitative estimate of drug-likeness (QED) is 0.432. The molecule has 1 aliphatic carbocycles. The second kappa shape index (κ2) is 16.1. The molecule has 256 valence electrons. The number of likely N-dealkylation sites (N-methyl/N-ethyl adjacent to an activating group) is 1. The Morgan fingerprint density at radius 1 is 1.15 bits per heavy atom. The molecule has 2 aromatic rings. The molecule has 0 bridgehead atoms. The minimum atomic E-state index is -4.01. The third-order valence-electron chi connectivity index (χ3n) is 9.04. The summed E-state index contributed by atoms with van der Waals surface area (Å²) in [5.74, 6) is -0.0632. The van der Waals surface area contributed by atoms with Gasteiger partial charge in [-0.15, -0.1) is 0 Å². The molecule has 1 aromatic carbocycles. The molecule has 0 spiro atoms. The molecule has 2 heterocycles. The average Bonchev–Trinajstić information content (AvgIpc) is 3.49. The van der Waals surface area contributed by atoms with Crippen molar-refractivity contribution in [1.82, 2.24) is 19.4 Å². The van der Waals surface area contributed by atoms with E-state index in [4.69, 9.17) is 9.47 Å². The van der Waals surface area contributed by atoms with Gasteiger partial charge in [-0.05, 0) is 64.2 Å². The number of aliphatic hydroxyl groups is 1. The summed E-state index contributed by atoms with van der Waals surface area (Å²) < 4.78 is 42.8. The van der Waals surface area contributed by atoms with Crippen molar-refractivity contribution in [2.45, 2.75) is 95.4 Å². The Kier molecular flexibility index (Phi) is 12.5. The summed E-state index contributed by atoms with van der Waals surface area (Å²) in [4.78, 5) is 35.0. The summed E-state index contributed by atoms with van der Waals surface area (Å²) in [5.41, 5.74) is 0.364. The highest BCUT2D eigenvalue weighted by atomic mass is 32.2. The summed E-state index contributed by atoms with van der Waals surface area (Å²) in [6, 6.07) is 4.09. The monoisotopic (exact) mass is 661 g/mol. The van der Waals surface area contributed by atoms with Gasteiger partial charge >= 0.3 is 0 Å². The van der Waals surface area contributed by atoms with E-state index in [0.717, 1.165) is 44.9 Å². The van der Waals surface area contributed by atoms with Gasteiger partial charge in [-0.2, -0.15) is 8.42 Å². The lowest BCUT2D eigenvalue weighted by atomic mass is 9.88. The van der Waals surface area contributed by atoms with Crippen LogP contribution in [0.15, 0.2) is 35.7 Å². The molecule has 12 nitrogen and oxygen atoms in total. The number of aromatic nitrogens is 2. The van der Waals surface area contributed by atoms with E-state index in [9.17, 15) is 23.1 Å². The molecule has 1 aromatic heterocycles. The Hall–Kier alpha value is -3.16. The number of amides is 2. The number of hydrogen-bond donors (Lipinski definition) is 2. The Morgan fingerprint density at radius 3 is 2.54 bits per heavy atom. The zero-order valence-electron chi connectivity index (χ0n) is 27.9. The van der Waals surface area contributed by atoms with Gasteiger partial charge in [-0.25, -0.2) is 4.98 Å². The first-order chi connectivity index (χ1) is 21.9. The van der Waals surface area contributed by atoms with Crippen LogP contribution >= 0.6 is 0 Å². The maximum absolute atomic E-state index is 14.3. The van der Waals surface area contributed by atoms with E-state index in [2.05, 4.69) is 9.71 Å². The standard InChI is InChI=1S/C33H51N5O7S/c1-23-18-38(24(2)21-39)33(41)28-17-27(35-46(42,43)31-20-36(4)22-34-31)14-15-29(28)45-25(3)11-9-10-16-44-30(23)19-37(5)32(40)26-12-7-6-8-13-26/h14-15,17,20,22-26,30,35,39H,6-13,16,18-19,21H2,1-5H3/t23-,24-,25-,30+/m0/s1. The van der Waals surface area contributed by atoms with E-state index in [-0.39, 0.29) is 59.4 Å². The summed E-state index contributed by atoms with van der Waals surface area (Å²) in [6.07, 6.45) is 9.78. The fourth-order valence-corrected chi connectivity index (χ4v) is 7.24. The number of hydrogen-bond acceptors (Lipinski definition) is 8. The molecule has 1 fully saturated rings.